The van der Waals surface area contributed by atoms with Crippen molar-refractivity contribution in [2.24, 2.45) is 0 Å². The summed E-state index contributed by atoms with van der Waals surface area (Å²) in [6, 6.07) is 8.59. The molecule has 0 heterocycles. The van der Waals surface area contributed by atoms with Crippen molar-refractivity contribution in [2.45, 2.75) is 31.6 Å². The SMILES string of the molecule is CCC(C)SCC(NC)c1ccccc1OC. The van der Waals surface area contributed by atoms with E-state index in [4.69, 9.17) is 4.74 Å². The number of ether oxygens (including phenoxy) is 1. The lowest BCUT2D eigenvalue weighted by Crippen LogP contribution is -2.20. The van der Waals surface area contributed by atoms with Crippen molar-refractivity contribution >= 4 is 11.8 Å². The Morgan fingerprint density at radius 1 is 1.35 bits per heavy atom. The van der Waals surface area contributed by atoms with Crippen molar-refractivity contribution in [2.75, 3.05) is 19.9 Å². The van der Waals surface area contributed by atoms with Crippen LogP contribution in [0.3, 0.4) is 0 Å². The Hall–Kier alpha value is -0.670. The fourth-order valence-corrected chi connectivity index (χ4v) is 2.76. The van der Waals surface area contributed by atoms with Crippen LogP contribution in [0.5, 0.6) is 5.75 Å². The molecule has 0 fully saturated rings. The first-order valence-corrected chi connectivity index (χ1v) is 7.19. The molecule has 3 heteroatoms. The highest BCUT2D eigenvalue weighted by molar-refractivity contribution is 7.99. The first-order valence-electron chi connectivity index (χ1n) is 6.14. The van der Waals surface area contributed by atoms with E-state index in [-0.39, 0.29) is 0 Å². The van der Waals surface area contributed by atoms with Gasteiger partial charge in [-0.2, -0.15) is 11.8 Å². The van der Waals surface area contributed by atoms with E-state index >= 15 is 0 Å². The van der Waals surface area contributed by atoms with Crippen LogP contribution in [0.2, 0.25) is 0 Å². The van der Waals surface area contributed by atoms with E-state index in [1.54, 1.807) is 7.11 Å². The normalized spacial score (nSPS) is 14.4. The molecule has 0 radical (unpaired) electrons. The maximum absolute atomic E-state index is 5.41. The van der Waals surface area contributed by atoms with Gasteiger partial charge in [-0.05, 0) is 19.5 Å². The Bertz CT molecular complexity index is 330. The molecule has 0 aliphatic rings. The summed E-state index contributed by atoms with van der Waals surface area (Å²) in [5, 5.41) is 4.08. The summed E-state index contributed by atoms with van der Waals surface area (Å²) in [5.74, 6) is 2.04. The number of hydrogen-bond donors (Lipinski definition) is 1. The summed E-state index contributed by atoms with van der Waals surface area (Å²) in [6.07, 6.45) is 1.22. The Kier molecular flexibility index (Phi) is 6.45. The molecule has 0 saturated carbocycles. The molecule has 0 saturated heterocycles. The van der Waals surface area contributed by atoms with Gasteiger partial charge in [-0.25, -0.2) is 0 Å². The fraction of sp³-hybridized carbons (Fsp3) is 0.571. The smallest absolute Gasteiger partial charge is 0.123 e. The number of nitrogens with one attached hydrogen (secondary N) is 1. The first kappa shape index (κ1) is 14.4. The molecule has 2 atom stereocenters. The number of para-hydroxylation sites is 1. The fourth-order valence-electron chi connectivity index (χ4n) is 1.66. The van der Waals surface area contributed by atoms with Crippen LogP contribution < -0.4 is 10.1 Å². The summed E-state index contributed by atoms with van der Waals surface area (Å²) < 4.78 is 5.41. The lowest BCUT2D eigenvalue weighted by molar-refractivity contribution is 0.404. The van der Waals surface area contributed by atoms with E-state index in [2.05, 4.69) is 31.3 Å². The van der Waals surface area contributed by atoms with Gasteiger partial charge in [0.15, 0.2) is 0 Å². The van der Waals surface area contributed by atoms with E-state index in [0.29, 0.717) is 11.3 Å². The van der Waals surface area contributed by atoms with Gasteiger partial charge in [0.25, 0.3) is 0 Å². The highest BCUT2D eigenvalue weighted by atomic mass is 32.2. The third-order valence-electron chi connectivity index (χ3n) is 2.99. The molecule has 1 aromatic carbocycles. The van der Waals surface area contributed by atoms with Crippen LogP contribution in [0.25, 0.3) is 0 Å². The average Bonchev–Trinajstić information content (AvgIpc) is 2.39. The van der Waals surface area contributed by atoms with Gasteiger partial charge in [0, 0.05) is 22.6 Å². The molecule has 2 nitrogen and oxygen atoms in total. The van der Waals surface area contributed by atoms with Gasteiger partial charge in [-0.15, -0.1) is 0 Å². The molecule has 2 unspecified atom stereocenters. The monoisotopic (exact) mass is 253 g/mol. The van der Waals surface area contributed by atoms with E-state index in [9.17, 15) is 0 Å². The molecular formula is C14H23NOS. The molecule has 0 bridgehead atoms. The summed E-state index contributed by atoms with van der Waals surface area (Å²) in [7, 11) is 3.74. The third kappa shape index (κ3) is 4.25. The van der Waals surface area contributed by atoms with Crippen LogP contribution in [-0.2, 0) is 0 Å². The summed E-state index contributed by atoms with van der Waals surface area (Å²) in [4.78, 5) is 0. The number of methoxy groups -OCH3 is 1. The zero-order valence-corrected chi connectivity index (χ0v) is 12.0. The topological polar surface area (TPSA) is 21.3 Å². The van der Waals surface area contributed by atoms with Crippen molar-refractivity contribution in [1.29, 1.82) is 0 Å². The molecule has 0 aromatic heterocycles. The lowest BCUT2D eigenvalue weighted by Gasteiger charge is -2.20. The zero-order valence-electron chi connectivity index (χ0n) is 11.2. The molecule has 0 amide bonds. The van der Waals surface area contributed by atoms with Crippen molar-refractivity contribution in [3.63, 3.8) is 0 Å². The molecule has 1 aromatic rings. The Labute approximate surface area is 109 Å². The largest absolute Gasteiger partial charge is 0.496 e. The summed E-state index contributed by atoms with van der Waals surface area (Å²) in [6.45, 7) is 4.51. The highest BCUT2D eigenvalue weighted by Crippen LogP contribution is 2.28. The second-order valence-corrected chi connectivity index (χ2v) is 5.61. The maximum atomic E-state index is 5.41. The van der Waals surface area contributed by atoms with Crippen LogP contribution in [0, 0.1) is 0 Å². The molecule has 1 N–H and O–H groups in total. The second kappa shape index (κ2) is 7.62. The van der Waals surface area contributed by atoms with Gasteiger partial charge in [0.1, 0.15) is 5.75 Å². The predicted octanol–water partition coefficient (Wildman–Crippen LogP) is 3.49. The van der Waals surface area contributed by atoms with E-state index < -0.39 is 0 Å². The van der Waals surface area contributed by atoms with Crippen LogP contribution >= 0.6 is 11.8 Å². The minimum absolute atomic E-state index is 0.352. The van der Waals surface area contributed by atoms with Gasteiger partial charge in [-0.3, -0.25) is 0 Å². The van der Waals surface area contributed by atoms with E-state index in [0.717, 1.165) is 11.5 Å². The number of benzene rings is 1. The number of rotatable bonds is 7. The van der Waals surface area contributed by atoms with Crippen LogP contribution in [0.1, 0.15) is 31.9 Å². The van der Waals surface area contributed by atoms with E-state index in [1.807, 2.05) is 30.9 Å². The van der Waals surface area contributed by atoms with Gasteiger partial charge >= 0.3 is 0 Å². The minimum atomic E-state index is 0.352. The Morgan fingerprint density at radius 2 is 2.06 bits per heavy atom. The molecule has 0 aliphatic heterocycles. The quantitative estimate of drug-likeness (QED) is 0.804. The molecule has 0 aliphatic carbocycles. The van der Waals surface area contributed by atoms with Crippen molar-refractivity contribution in [3.8, 4) is 5.75 Å². The first-order chi connectivity index (χ1) is 8.22. The third-order valence-corrected chi connectivity index (χ3v) is 4.41. The average molecular weight is 253 g/mol. The Morgan fingerprint density at radius 3 is 2.65 bits per heavy atom. The zero-order chi connectivity index (χ0) is 12.7. The lowest BCUT2D eigenvalue weighted by atomic mass is 10.1. The van der Waals surface area contributed by atoms with Gasteiger partial charge in [0.2, 0.25) is 0 Å². The van der Waals surface area contributed by atoms with E-state index in [1.165, 1.54) is 12.0 Å². The Balaban J connectivity index is 2.72. The molecular weight excluding hydrogens is 230 g/mol. The van der Waals surface area contributed by atoms with Gasteiger partial charge in [0.05, 0.1) is 7.11 Å². The summed E-state index contributed by atoms with van der Waals surface area (Å²) >= 11 is 2.01. The second-order valence-electron chi connectivity index (χ2n) is 4.14. The molecule has 0 spiro atoms. The maximum Gasteiger partial charge on any atom is 0.123 e. The van der Waals surface area contributed by atoms with Crippen LogP contribution in [0.4, 0.5) is 0 Å². The molecule has 1 rings (SSSR count). The van der Waals surface area contributed by atoms with Gasteiger partial charge < -0.3 is 10.1 Å². The van der Waals surface area contributed by atoms with Crippen molar-refractivity contribution in [3.05, 3.63) is 29.8 Å². The predicted molar refractivity (Wildman–Crippen MR) is 77.0 cm³/mol. The van der Waals surface area contributed by atoms with Crippen LogP contribution in [-0.4, -0.2) is 25.2 Å². The number of hydrogen-bond acceptors (Lipinski definition) is 3. The van der Waals surface area contributed by atoms with Crippen molar-refractivity contribution in [1.82, 2.24) is 5.32 Å². The summed E-state index contributed by atoms with van der Waals surface area (Å²) in [5.41, 5.74) is 1.24. The van der Waals surface area contributed by atoms with Gasteiger partial charge in [-0.1, -0.05) is 32.0 Å². The molecule has 96 valence electrons. The molecule has 17 heavy (non-hydrogen) atoms. The number of thioether (sulfide) groups is 1. The minimum Gasteiger partial charge on any atom is -0.496 e. The highest BCUT2D eigenvalue weighted by Gasteiger charge is 2.14. The van der Waals surface area contributed by atoms with Crippen molar-refractivity contribution < 1.29 is 4.74 Å². The standard InChI is InChI=1S/C14H23NOS/c1-5-11(2)17-10-13(15-3)12-8-6-7-9-14(12)16-4/h6-9,11,13,15H,5,10H2,1-4H3. The van der Waals surface area contributed by atoms with Crippen LogP contribution in [0.15, 0.2) is 24.3 Å².